The van der Waals surface area contributed by atoms with Gasteiger partial charge in [0.2, 0.25) is 5.95 Å². The third-order valence-electron chi connectivity index (χ3n) is 3.98. The van der Waals surface area contributed by atoms with Gasteiger partial charge in [0.05, 0.1) is 11.9 Å². The fourth-order valence-corrected chi connectivity index (χ4v) is 2.88. The summed E-state index contributed by atoms with van der Waals surface area (Å²) in [5.41, 5.74) is 2.60. The van der Waals surface area contributed by atoms with E-state index in [2.05, 4.69) is 9.97 Å². The largest absolute Gasteiger partial charge is 0.294 e. The van der Waals surface area contributed by atoms with Gasteiger partial charge in [-0.05, 0) is 18.2 Å². The predicted octanol–water partition coefficient (Wildman–Crippen LogP) is 3.85. The summed E-state index contributed by atoms with van der Waals surface area (Å²) in [6.45, 7) is 0. The highest BCUT2D eigenvalue weighted by Crippen LogP contribution is 2.23. The second-order valence-corrected chi connectivity index (χ2v) is 5.54. The first-order valence-electron chi connectivity index (χ1n) is 7.78. The lowest BCUT2D eigenvalue weighted by Gasteiger charge is -2.08. The lowest BCUT2D eigenvalue weighted by molar-refractivity contribution is 0.0991. The van der Waals surface area contributed by atoms with E-state index in [-0.39, 0.29) is 5.78 Å². The van der Waals surface area contributed by atoms with E-state index in [0.29, 0.717) is 17.9 Å². The molecule has 0 aliphatic heterocycles. The smallest absolute Gasteiger partial charge is 0.234 e. The second-order valence-electron chi connectivity index (χ2n) is 5.54. The Bertz CT molecular complexity index is 991. The van der Waals surface area contributed by atoms with Crippen molar-refractivity contribution < 1.29 is 4.79 Å². The molecular formula is C20H15N3O. The lowest BCUT2D eigenvalue weighted by Crippen LogP contribution is -2.10. The van der Waals surface area contributed by atoms with Gasteiger partial charge in [0, 0.05) is 29.0 Å². The van der Waals surface area contributed by atoms with Crippen molar-refractivity contribution in [2.75, 3.05) is 0 Å². The zero-order valence-corrected chi connectivity index (χ0v) is 13.0. The van der Waals surface area contributed by atoms with Crippen molar-refractivity contribution in [2.24, 2.45) is 0 Å². The van der Waals surface area contributed by atoms with Crippen LogP contribution in [0.3, 0.4) is 0 Å². The summed E-state index contributed by atoms with van der Waals surface area (Å²) in [4.78, 5) is 21.3. The third kappa shape index (κ3) is 2.58. The number of para-hydroxylation sites is 1. The molecule has 2 heterocycles. The summed E-state index contributed by atoms with van der Waals surface area (Å²) in [5.74, 6) is 0.658. The monoisotopic (exact) mass is 313 g/mol. The number of hydrogen-bond donors (Lipinski definition) is 0. The van der Waals surface area contributed by atoms with E-state index in [1.807, 2.05) is 65.2 Å². The van der Waals surface area contributed by atoms with E-state index in [1.54, 1.807) is 18.5 Å². The highest BCUT2D eigenvalue weighted by atomic mass is 16.1. The van der Waals surface area contributed by atoms with Crippen LogP contribution in [-0.4, -0.2) is 20.3 Å². The molecule has 0 spiro atoms. The summed E-state index contributed by atoms with van der Waals surface area (Å²) in [5, 5.41) is 1.07. The third-order valence-corrected chi connectivity index (χ3v) is 3.98. The van der Waals surface area contributed by atoms with Crippen molar-refractivity contribution in [1.29, 1.82) is 0 Å². The minimum atomic E-state index is 0.0792. The van der Waals surface area contributed by atoms with Crippen LogP contribution in [0.4, 0.5) is 0 Å². The molecule has 0 radical (unpaired) electrons. The number of benzene rings is 2. The van der Waals surface area contributed by atoms with Crippen LogP contribution in [-0.2, 0) is 6.42 Å². The number of carbonyl (C=O) groups is 1. The first kappa shape index (κ1) is 14.3. The normalized spacial score (nSPS) is 10.8. The minimum absolute atomic E-state index is 0.0792. The molecule has 0 saturated carbocycles. The lowest BCUT2D eigenvalue weighted by atomic mass is 10.1. The molecule has 2 aromatic heterocycles. The zero-order chi connectivity index (χ0) is 16.4. The maximum Gasteiger partial charge on any atom is 0.234 e. The second kappa shape index (κ2) is 6.08. The quantitative estimate of drug-likeness (QED) is 0.538. The Labute approximate surface area is 139 Å². The number of ketones is 1. The summed E-state index contributed by atoms with van der Waals surface area (Å²) in [6.07, 6.45) is 3.72. The highest BCUT2D eigenvalue weighted by molar-refractivity contribution is 5.98. The van der Waals surface area contributed by atoms with E-state index in [1.165, 1.54) is 0 Å². The summed E-state index contributed by atoms with van der Waals surface area (Å²) in [6, 6.07) is 21.2. The topological polar surface area (TPSA) is 47.8 Å². The van der Waals surface area contributed by atoms with E-state index in [9.17, 15) is 4.79 Å². The van der Waals surface area contributed by atoms with Crippen LogP contribution in [0.15, 0.2) is 79.1 Å². The summed E-state index contributed by atoms with van der Waals surface area (Å²) < 4.78 is 1.95. The van der Waals surface area contributed by atoms with Gasteiger partial charge in [0.15, 0.2) is 5.78 Å². The first-order valence-corrected chi connectivity index (χ1v) is 7.78. The molecule has 4 heteroatoms. The Kier molecular flexibility index (Phi) is 3.63. The minimum Gasteiger partial charge on any atom is -0.294 e. The van der Waals surface area contributed by atoms with Gasteiger partial charge in [-0.1, -0.05) is 48.5 Å². The van der Waals surface area contributed by atoms with Crippen LogP contribution >= 0.6 is 0 Å². The van der Waals surface area contributed by atoms with Gasteiger partial charge < -0.3 is 0 Å². The molecule has 116 valence electrons. The Balaban J connectivity index is 1.82. The van der Waals surface area contributed by atoms with Gasteiger partial charge in [-0.25, -0.2) is 9.97 Å². The molecule has 0 fully saturated rings. The fourth-order valence-electron chi connectivity index (χ4n) is 2.88. The average molecular weight is 313 g/mol. The highest BCUT2D eigenvalue weighted by Gasteiger charge is 2.15. The van der Waals surface area contributed by atoms with Crippen LogP contribution < -0.4 is 0 Å². The molecule has 0 unspecified atom stereocenters. The van der Waals surface area contributed by atoms with E-state index in [4.69, 9.17) is 0 Å². The Morgan fingerprint density at radius 3 is 2.38 bits per heavy atom. The number of carbonyl (C=O) groups excluding carboxylic acids is 1. The SMILES string of the molecule is O=C(Cc1cc2ccccc2n1-c1ncccn1)c1ccccc1. The molecule has 0 saturated heterocycles. The van der Waals surface area contributed by atoms with E-state index in [0.717, 1.165) is 16.6 Å². The van der Waals surface area contributed by atoms with Crippen molar-refractivity contribution in [3.05, 3.63) is 90.4 Å². The van der Waals surface area contributed by atoms with Crippen molar-refractivity contribution in [3.8, 4) is 5.95 Å². The number of aromatic nitrogens is 3. The van der Waals surface area contributed by atoms with Crippen molar-refractivity contribution in [1.82, 2.24) is 14.5 Å². The van der Waals surface area contributed by atoms with Gasteiger partial charge in [-0.2, -0.15) is 0 Å². The van der Waals surface area contributed by atoms with Gasteiger partial charge >= 0.3 is 0 Å². The van der Waals surface area contributed by atoms with Crippen LogP contribution in [0, 0.1) is 0 Å². The van der Waals surface area contributed by atoms with Crippen LogP contribution in [0.2, 0.25) is 0 Å². The molecule has 0 atom stereocenters. The molecule has 4 rings (SSSR count). The molecule has 0 N–H and O–H groups in total. The van der Waals surface area contributed by atoms with Crippen molar-refractivity contribution in [2.45, 2.75) is 6.42 Å². The van der Waals surface area contributed by atoms with E-state index >= 15 is 0 Å². The molecule has 0 amide bonds. The number of fused-ring (bicyclic) bond motifs is 1. The fraction of sp³-hybridized carbons (Fsp3) is 0.0500. The van der Waals surface area contributed by atoms with Crippen LogP contribution in [0.1, 0.15) is 16.1 Å². The molecule has 0 bridgehead atoms. The number of nitrogens with zero attached hydrogens (tertiary/aromatic N) is 3. The summed E-state index contributed by atoms with van der Waals surface area (Å²) in [7, 11) is 0. The van der Waals surface area contributed by atoms with Gasteiger partial charge in [0.25, 0.3) is 0 Å². The molecule has 2 aromatic carbocycles. The molecule has 0 aliphatic carbocycles. The molecule has 24 heavy (non-hydrogen) atoms. The zero-order valence-electron chi connectivity index (χ0n) is 13.0. The maximum atomic E-state index is 12.6. The maximum absolute atomic E-state index is 12.6. The Morgan fingerprint density at radius 2 is 1.58 bits per heavy atom. The number of Topliss-reactive ketones (excluding diaryl/α,β-unsaturated/α-hetero) is 1. The molecule has 4 aromatic rings. The Hall–Kier alpha value is -3.27. The predicted molar refractivity (Wildman–Crippen MR) is 93.3 cm³/mol. The van der Waals surface area contributed by atoms with Crippen LogP contribution in [0.5, 0.6) is 0 Å². The van der Waals surface area contributed by atoms with Gasteiger partial charge in [-0.3, -0.25) is 9.36 Å². The average Bonchev–Trinajstić information content (AvgIpc) is 3.01. The van der Waals surface area contributed by atoms with Crippen LogP contribution in [0.25, 0.3) is 16.9 Å². The standard InChI is InChI=1S/C20H15N3O/c24-19(15-7-2-1-3-8-15)14-17-13-16-9-4-5-10-18(16)23(17)20-21-11-6-12-22-20/h1-13H,14H2. The molecule has 0 aliphatic rings. The number of rotatable bonds is 4. The van der Waals surface area contributed by atoms with Gasteiger partial charge in [-0.15, -0.1) is 0 Å². The number of hydrogen-bond acceptors (Lipinski definition) is 3. The molecule has 4 nitrogen and oxygen atoms in total. The molecular weight excluding hydrogens is 298 g/mol. The van der Waals surface area contributed by atoms with E-state index < -0.39 is 0 Å². The van der Waals surface area contributed by atoms with Crippen molar-refractivity contribution >= 4 is 16.7 Å². The van der Waals surface area contributed by atoms with Crippen molar-refractivity contribution in [3.63, 3.8) is 0 Å². The van der Waals surface area contributed by atoms with Gasteiger partial charge in [0.1, 0.15) is 0 Å². The Morgan fingerprint density at radius 1 is 0.875 bits per heavy atom. The first-order chi connectivity index (χ1) is 11.8. The summed E-state index contributed by atoms with van der Waals surface area (Å²) >= 11 is 0.